The Morgan fingerprint density at radius 1 is 1.37 bits per heavy atom. The molecule has 6 heteroatoms. The minimum Gasteiger partial charge on any atom is -0.394 e. The number of hydrogen-bond donors (Lipinski definition) is 3. The molecule has 0 radical (unpaired) electrons. The van der Waals surface area contributed by atoms with Gasteiger partial charge in [0.1, 0.15) is 0 Å². The monoisotopic (exact) mass is 284 g/mol. The molecule has 0 aliphatic rings. The first-order valence-corrected chi connectivity index (χ1v) is 6.13. The summed E-state index contributed by atoms with van der Waals surface area (Å²) in [5.74, 6) is -0.638. The van der Waals surface area contributed by atoms with Gasteiger partial charge in [0.15, 0.2) is 0 Å². The van der Waals surface area contributed by atoms with E-state index in [1.165, 1.54) is 19.1 Å². The van der Waals surface area contributed by atoms with E-state index < -0.39 is 11.4 Å². The number of aliphatic hydroxyl groups excluding tert-OH is 1. The van der Waals surface area contributed by atoms with Crippen LogP contribution in [0.2, 0.25) is 5.02 Å². The quantitative estimate of drug-likeness (QED) is 0.789. The first-order valence-electron chi connectivity index (χ1n) is 5.76. The molecule has 0 spiro atoms. The number of anilines is 1. The summed E-state index contributed by atoms with van der Waals surface area (Å²) in [4.78, 5) is 23.0. The van der Waals surface area contributed by atoms with E-state index in [2.05, 4.69) is 10.6 Å². The number of nitrogens with one attached hydrogen (secondary N) is 2. The summed E-state index contributed by atoms with van der Waals surface area (Å²) in [6, 6.07) is 4.64. The maximum Gasteiger partial charge on any atom is 0.253 e. The maximum absolute atomic E-state index is 12.1. The third-order valence-corrected chi connectivity index (χ3v) is 2.71. The van der Waals surface area contributed by atoms with Crippen LogP contribution in [-0.2, 0) is 4.79 Å². The number of hydrogen-bond acceptors (Lipinski definition) is 3. The van der Waals surface area contributed by atoms with Crippen LogP contribution in [0, 0.1) is 0 Å². The topological polar surface area (TPSA) is 78.4 Å². The smallest absolute Gasteiger partial charge is 0.253 e. The third kappa shape index (κ3) is 4.54. The minimum atomic E-state index is -0.746. The van der Waals surface area contributed by atoms with Crippen molar-refractivity contribution in [3.8, 4) is 0 Å². The third-order valence-electron chi connectivity index (χ3n) is 2.38. The fourth-order valence-electron chi connectivity index (χ4n) is 1.39. The van der Waals surface area contributed by atoms with Crippen molar-refractivity contribution >= 4 is 29.1 Å². The number of halogens is 1. The Balaban J connectivity index is 2.98. The predicted molar refractivity (Wildman–Crippen MR) is 74.4 cm³/mol. The van der Waals surface area contributed by atoms with E-state index in [-0.39, 0.29) is 23.1 Å². The molecule has 0 unspecified atom stereocenters. The van der Waals surface area contributed by atoms with Gasteiger partial charge in [0.2, 0.25) is 5.91 Å². The van der Waals surface area contributed by atoms with Gasteiger partial charge < -0.3 is 15.7 Å². The van der Waals surface area contributed by atoms with Crippen molar-refractivity contribution in [2.45, 2.75) is 26.3 Å². The highest BCUT2D eigenvalue weighted by Crippen LogP contribution is 2.21. The van der Waals surface area contributed by atoms with Gasteiger partial charge in [0, 0.05) is 12.6 Å². The molecular formula is C13H17ClN2O3. The average Bonchev–Trinajstić information content (AvgIpc) is 2.30. The van der Waals surface area contributed by atoms with Crippen molar-refractivity contribution in [3.63, 3.8) is 0 Å². The van der Waals surface area contributed by atoms with Crippen LogP contribution >= 0.6 is 11.6 Å². The van der Waals surface area contributed by atoms with E-state index in [0.717, 1.165) is 0 Å². The molecule has 0 aliphatic carbocycles. The highest BCUT2D eigenvalue weighted by Gasteiger charge is 2.21. The number of amides is 2. The summed E-state index contributed by atoms with van der Waals surface area (Å²) < 4.78 is 0. The minimum absolute atomic E-state index is 0.193. The van der Waals surface area contributed by atoms with Gasteiger partial charge in [-0.1, -0.05) is 11.6 Å². The summed E-state index contributed by atoms with van der Waals surface area (Å²) >= 11 is 5.96. The molecule has 0 fully saturated rings. The Labute approximate surface area is 117 Å². The summed E-state index contributed by atoms with van der Waals surface area (Å²) in [6.45, 7) is 4.57. The Bertz CT molecular complexity index is 501. The molecule has 0 saturated heterocycles. The number of rotatable bonds is 4. The summed E-state index contributed by atoms with van der Waals surface area (Å²) in [6.07, 6.45) is 0. The molecule has 0 heterocycles. The Hall–Kier alpha value is -1.59. The molecule has 2 amide bonds. The van der Waals surface area contributed by atoms with Crippen LogP contribution in [0.5, 0.6) is 0 Å². The molecular weight excluding hydrogens is 268 g/mol. The van der Waals surface area contributed by atoms with Gasteiger partial charge in [-0.2, -0.15) is 0 Å². The Kier molecular flexibility index (Phi) is 4.91. The van der Waals surface area contributed by atoms with Crippen molar-refractivity contribution in [1.29, 1.82) is 0 Å². The average molecular weight is 285 g/mol. The lowest BCUT2D eigenvalue weighted by Gasteiger charge is -2.23. The lowest BCUT2D eigenvalue weighted by Crippen LogP contribution is -2.46. The highest BCUT2D eigenvalue weighted by molar-refractivity contribution is 6.34. The second kappa shape index (κ2) is 6.04. The van der Waals surface area contributed by atoms with Crippen molar-refractivity contribution in [2.75, 3.05) is 11.9 Å². The Morgan fingerprint density at radius 2 is 2.00 bits per heavy atom. The molecule has 19 heavy (non-hydrogen) atoms. The lowest BCUT2D eigenvalue weighted by molar-refractivity contribution is -0.114. The summed E-state index contributed by atoms with van der Waals surface area (Å²) in [5, 5.41) is 14.6. The lowest BCUT2D eigenvalue weighted by atomic mass is 10.1. The summed E-state index contributed by atoms with van der Waals surface area (Å²) in [5.41, 5.74) is -0.0111. The zero-order chi connectivity index (χ0) is 14.6. The molecule has 0 bridgehead atoms. The number of aliphatic hydroxyl groups is 1. The van der Waals surface area contributed by atoms with Gasteiger partial charge in [-0.25, -0.2) is 0 Å². The Morgan fingerprint density at radius 3 is 2.53 bits per heavy atom. The fourth-order valence-corrected chi connectivity index (χ4v) is 1.60. The van der Waals surface area contributed by atoms with Crippen molar-refractivity contribution < 1.29 is 14.7 Å². The molecule has 1 aromatic rings. The molecule has 0 aliphatic heterocycles. The van der Waals surface area contributed by atoms with Gasteiger partial charge in [-0.3, -0.25) is 9.59 Å². The zero-order valence-electron chi connectivity index (χ0n) is 11.1. The van der Waals surface area contributed by atoms with Crippen LogP contribution in [0.1, 0.15) is 31.1 Å². The molecule has 3 N–H and O–H groups in total. The number of carbonyl (C=O) groups excluding carboxylic acids is 2. The van der Waals surface area contributed by atoms with Crippen LogP contribution in [0.25, 0.3) is 0 Å². The van der Waals surface area contributed by atoms with Crippen molar-refractivity contribution in [1.82, 2.24) is 5.32 Å². The molecule has 5 nitrogen and oxygen atoms in total. The number of carbonyl (C=O) groups is 2. The van der Waals surface area contributed by atoms with Crippen LogP contribution < -0.4 is 10.6 Å². The van der Waals surface area contributed by atoms with E-state index in [4.69, 9.17) is 16.7 Å². The van der Waals surface area contributed by atoms with Crippen LogP contribution in [0.15, 0.2) is 18.2 Å². The van der Waals surface area contributed by atoms with E-state index in [1.54, 1.807) is 19.9 Å². The van der Waals surface area contributed by atoms with Crippen molar-refractivity contribution in [3.05, 3.63) is 28.8 Å². The van der Waals surface area contributed by atoms with Gasteiger partial charge in [0.25, 0.3) is 5.91 Å². The molecule has 1 rings (SSSR count). The molecule has 0 atom stereocenters. The predicted octanol–water partition coefficient (Wildman–Crippen LogP) is 1.80. The second-order valence-corrected chi connectivity index (χ2v) is 5.28. The first kappa shape index (κ1) is 15.5. The maximum atomic E-state index is 12.1. The standard InChI is InChI=1S/C13H17ClN2O3/c1-8(18)15-9-4-5-11(14)10(6-9)12(19)16-13(2,3)7-17/h4-6,17H,7H2,1-3H3,(H,15,18)(H,16,19). The normalized spacial score (nSPS) is 11.0. The van der Waals surface area contributed by atoms with Gasteiger partial charge in [-0.15, -0.1) is 0 Å². The SMILES string of the molecule is CC(=O)Nc1ccc(Cl)c(C(=O)NC(C)(C)CO)c1. The van der Waals surface area contributed by atoms with Crippen LogP contribution in [0.4, 0.5) is 5.69 Å². The van der Waals surface area contributed by atoms with Gasteiger partial charge in [0.05, 0.1) is 22.7 Å². The van der Waals surface area contributed by atoms with E-state index >= 15 is 0 Å². The van der Waals surface area contributed by atoms with Crippen molar-refractivity contribution in [2.24, 2.45) is 0 Å². The van der Waals surface area contributed by atoms with Crippen LogP contribution in [-0.4, -0.2) is 29.1 Å². The highest BCUT2D eigenvalue weighted by atomic mass is 35.5. The summed E-state index contributed by atoms with van der Waals surface area (Å²) in [7, 11) is 0. The molecule has 104 valence electrons. The molecule has 0 aromatic heterocycles. The van der Waals surface area contributed by atoms with E-state index in [9.17, 15) is 9.59 Å². The molecule has 0 saturated carbocycles. The zero-order valence-corrected chi connectivity index (χ0v) is 11.8. The molecule has 1 aromatic carbocycles. The fraction of sp³-hybridized carbons (Fsp3) is 0.385. The largest absolute Gasteiger partial charge is 0.394 e. The van der Waals surface area contributed by atoms with E-state index in [1.807, 2.05) is 0 Å². The van der Waals surface area contributed by atoms with Gasteiger partial charge >= 0.3 is 0 Å². The second-order valence-electron chi connectivity index (χ2n) is 4.87. The van der Waals surface area contributed by atoms with Crippen LogP contribution in [0.3, 0.4) is 0 Å². The van der Waals surface area contributed by atoms with E-state index in [0.29, 0.717) is 5.69 Å². The first-order chi connectivity index (χ1) is 8.75. The number of benzene rings is 1. The van der Waals surface area contributed by atoms with Gasteiger partial charge in [-0.05, 0) is 32.0 Å².